The molecule has 160 valence electrons. The molecule has 2 nitrogen and oxygen atoms in total. The molecular weight excluding hydrogens is 422 g/mol. The SMILES string of the molecule is CC.CC1CC1CN1CCCC(C(=O)c2ccc3cc(Br)ccc3c2)C1.CCC. The van der Waals surface area contributed by atoms with Crippen molar-refractivity contribution in [2.24, 2.45) is 17.8 Å². The van der Waals surface area contributed by atoms with Crippen molar-refractivity contribution in [3.8, 4) is 0 Å². The van der Waals surface area contributed by atoms with Crippen molar-refractivity contribution in [3.05, 3.63) is 46.4 Å². The van der Waals surface area contributed by atoms with Gasteiger partial charge in [0.15, 0.2) is 5.78 Å². The number of hydrogen-bond acceptors (Lipinski definition) is 2. The van der Waals surface area contributed by atoms with E-state index in [-0.39, 0.29) is 5.92 Å². The quantitative estimate of drug-likeness (QED) is 0.438. The lowest BCUT2D eigenvalue weighted by Crippen LogP contribution is -2.39. The number of nitrogens with zero attached hydrogens (tertiary/aromatic N) is 1. The van der Waals surface area contributed by atoms with Crippen LogP contribution in [0.4, 0.5) is 0 Å². The van der Waals surface area contributed by atoms with E-state index in [2.05, 4.69) is 65.9 Å². The molecule has 3 unspecified atom stereocenters. The third-order valence-corrected chi connectivity index (χ3v) is 6.23. The molecule has 0 radical (unpaired) electrons. The predicted molar refractivity (Wildman–Crippen MR) is 130 cm³/mol. The van der Waals surface area contributed by atoms with Gasteiger partial charge >= 0.3 is 0 Å². The Hall–Kier alpha value is -1.19. The average molecular weight is 461 g/mol. The molecule has 3 atom stereocenters. The largest absolute Gasteiger partial charge is 0.302 e. The van der Waals surface area contributed by atoms with Gasteiger partial charge in [0.05, 0.1) is 0 Å². The summed E-state index contributed by atoms with van der Waals surface area (Å²) in [6.45, 7) is 13.9. The van der Waals surface area contributed by atoms with Crippen molar-refractivity contribution in [1.29, 1.82) is 0 Å². The normalized spacial score (nSPS) is 23.4. The van der Waals surface area contributed by atoms with Crippen molar-refractivity contribution in [2.45, 2.75) is 60.3 Å². The highest BCUT2D eigenvalue weighted by molar-refractivity contribution is 9.10. The van der Waals surface area contributed by atoms with Gasteiger partial charge in [0.25, 0.3) is 0 Å². The Labute approximate surface area is 186 Å². The zero-order valence-electron chi connectivity index (χ0n) is 18.9. The second-order valence-electron chi connectivity index (χ2n) is 8.35. The first-order valence-electron chi connectivity index (χ1n) is 11.5. The maximum Gasteiger partial charge on any atom is 0.167 e. The van der Waals surface area contributed by atoms with Crippen LogP contribution in [-0.2, 0) is 0 Å². The molecule has 2 fully saturated rings. The minimum absolute atomic E-state index is 0.167. The fourth-order valence-corrected chi connectivity index (χ4v) is 4.40. The van der Waals surface area contributed by atoms with Crippen LogP contribution in [0.5, 0.6) is 0 Å². The maximum absolute atomic E-state index is 13.0. The van der Waals surface area contributed by atoms with Crippen LogP contribution in [-0.4, -0.2) is 30.3 Å². The Morgan fingerprint density at radius 3 is 2.38 bits per heavy atom. The lowest BCUT2D eigenvalue weighted by Gasteiger charge is -2.32. The minimum Gasteiger partial charge on any atom is -0.302 e. The number of hydrogen-bond donors (Lipinski definition) is 0. The van der Waals surface area contributed by atoms with Gasteiger partial charge in [0.2, 0.25) is 0 Å². The monoisotopic (exact) mass is 459 g/mol. The highest BCUT2D eigenvalue weighted by Crippen LogP contribution is 2.39. The minimum atomic E-state index is 0.167. The van der Waals surface area contributed by atoms with Gasteiger partial charge in [-0.05, 0) is 66.6 Å². The molecule has 2 aliphatic rings. The second kappa shape index (κ2) is 11.9. The number of Topliss-reactive ketones (excluding diaryl/α,β-unsaturated/α-hetero) is 1. The number of carbonyl (C=O) groups is 1. The van der Waals surface area contributed by atoms with Gasteiger partial charge in [-0.15, -0.1) is 0 Å². The molecule has 1 aliphatic carbocycles. The third kappa shape index (κ3) is 6.93. The summed E-state index contributed by atoms with van der Waals surface area (Å²) in [5.41, 5.74) is 0.872. The van der Waals surface area contributed by atoms with Crippen molar-refractivity contribution < 1.29 is 4.79 Å². The Kier molecular flexibility index (Phi) is 9.85. The summed E-state index contributed by atoms with van der Waals surface area (Å²) in [7, 11) is 0. The smallest absolute Gasteiger partial charge is 0.167 e. The average Bonchev–Trinajstić information content (AvgIpc) is 3.43. The van der Waals surface area contributed by atoms with Gasteiger partial charge in [-0.25, -0.2) is 0 Å². The standard InChI is InChI=1S/C21H24BrNO.C3H8.C2H6/c1-14-9-19(14)13-23-8-2-3-18(12-23)21(24)17-5-4-16-11-20(22)7-6-15(16)10-17;1-3-2;1-2/h4-7,10-11,14,18-19H,2-3,8-9,12-13H2,1H3;3H2,1-2H3;1-2H3. The topological polar surface area (TPSA) is 20.3 Å². The van der Waals surface area contributed by atoms with E-state index in [9.17, 15) is 4.79 Å². The lowest BCUT2D eigenvalue weighted by atomic mass is 9.89. The summed E-state index contributed by atoms with van der Waals surface area (Å²) in [6.07, 6.45) is 4.81. The van der Waals surface area contributed by atoms with Crippen LogP contribution < -0.4 is 0 Å². The highest BCUT2D eigenvalue weighted by atomic mass is 79.9. The van der Waals surface area contributed by atoms with Crippen molar-refractivity contribution in [3.63, 3.8) is 0 Å². The van der Waals surface area contributed by atoms with E-state index in [1.807, 2.05) is 26.0 Å². The lowest BCUT2D eigenvalue weighted by molar-refractivity contribution is 0.0813. The summed E-state index contributed by atoms with van der Waals surface area (Å²) in [5.74, 6) is 2.26. The third-order valence-electron chi connectivity index (χ3n) is 5.73. The number of rotatable bonds is 4. The van der Waals surface area contributed by atoms with Crippen molar-refractivity contribution in [2.75, 3.05) is 19.6 Å². The van der Waals surface area contributed by atoms with Gasteiger partial charge in [0.1, 0.15) is 0 Å². The number of halogens is 1. The van der Waals surface area contributed by atoms with E-state index in [0.29, 0.717) is 5.78 Å². The second-order valence-corrected chi connectivity index (χ2v) is 9.27. The molecule has 4 rings (SSSR count). The molecule has 0 N–H and O–H groups in total. The molecule has 0 bridgehead atoms. The summed E-state index contributed by atoms with van der Waals surface area (Å²) in [5, 5.41) is 2.32. The molecule has 3 heteroatoms. The van der Waals surface area contributed by atoms with Crippen molar-refractivity contribution >= 4 is 32.5 Å². The van der Waals surface area contributed by atoms with Crippen LogP contribution in [0.15, 0.2) is 40.9 Å². The van der Waals surface area contributed by atoms with E-state index in [4.69, 9.17) is 0 Å². The first-order chi connectivity index (χ1) is 14.0. The van der Waals surface area contributed by atoms with Crippen LogP contribution in [0.1, 0.15) is 70.7 Å². The molecule has 1 heterocycles. The Morgan fingerprint density at radius 2 is 1.72 bits per heavy atom. The summed E-state index contributed by atoms with van der Waals surface area (Å²) >= 11 is 3.51. The molecule has 1 saturated heterocycles. The van der Waals surface area contributed by atoms with E-state index in [0.717, 1.165) is 46.6 Å². The first kappa shape index (κ1) is 24.1. The number of likely N-dealkylation sites (tertiary alicyclic amines) is 1. The number of fused-ring (bicyclic) bond motifs is 1. The molecule has 1 saturated carbocycles. The van der Waals surface area contributed by atoms with E-state index in [1.54, 1.807) is 0 Å². The number of carbonyl (C=O) groups excluding carboxylic acids is 1. The van der Waals surface area contributed by atoms with Crippen LogP contribution in [0.25, 0.3) is 10.8 Å². The zero-order valence-corrected chi connectivity index (χ0v) is 20.5. The zero-order chi connectivity index (χ0) is 21.4. The van der Waals surface area contributed by atoms with Gasteiger partial charge in [-0.1, -0.05) is 75.2 Å². The fraction of sp³-hybridized carbons (Fsp3) is 0.577. The summed E-state index contributed by atoms with van der Waals surface area (Å²) < 4.78 is 1.08. The Balaban J connectivity index is 0.000000551. The number of piperidine rings is 1. The summed E-state index contributed by atoms with van der Waals surface area (Å²) in [6, 6.07) is 12.3. The number of ketones is 1. The number of benzene rings is 2. The highest BCUT2D eigenvalue weighted by Gasteiger charge is 2.36. The Bertz CT molecular complexity index is 787. The molecule has 0 aromatic heterocycles. The van der Waals surface area contributed by atoms with Crippen molar-refractivity contribution in [1.82, 2.24) is 4.90 Å². The van der Waals surface area contributed by atoms with E-state index >= 15 is 0 Å². The molecular formula is C26H38BrNO. The van der Waals surface area contributed by atoms with Gasteiger partial charge in [0, 0.05) is 29.0 Å². The molecule has 2 aromatic rings. The van der Waals surface area contributed by atoms with Gasteiger partial charge in [-0.3, -0.25) is 4.79 Å². The van der Waals surface area contributed by atoms with Gasteiger partial charge < -0.3 is 4.90 Å². The van der Waals surface area contributed by atoms with Gasteiger partial charge in [-0.2, -0.15) is 0 Å². The van der Waals surface area contributed by atoms with Crippen LogP contribution in [0.3, 0.4) is 0 Å². The molecule has 2 aromatic carbocycles. The van der Waals surface area contributed by atoms with E-state index in [1.165, 1.54) is 31.3 Å². The Morgan fingerprint density at radius 1 is 1.10 bits per heavy atom. The first-order valence-corrected chi connectivity index (χ1v) is 12.3. The van der Waals surface area contributed by atoms with Crippen LogP contribution in [0.2, 0.25) is 0 Å². The van der Waals surface area contributed by atoms with E-state index < -0.39 is 0 Å². The fourth-order valence-electron chi connectivity index (χ4n) is 4.03. The molecule has 0 spiro atoms. The molecule has 1 aliphatic heterocycles. The maximum atomic E-state index is 13.0. The molecule has 29 heavy (non-hydrogen) atoms. The summed E-state index contributed by atoms with van der Waals surface area (Å²) in [4.78, 5) is 15.5. The predicted octanol–water partition coefficient (Wildman–Crippen LogP) is 7.60. The molecule has 0 amide bonds. The van der Waals surface area contributed by atoms with Crippen LogP contribution >= 0.6 is 15.9 Å². The van der Waals surface area contributed by atoms with Crippen LogP contribution in [0, 0.1) is 17.8 Å².